The number of halogens is 1. The molecule has 2 rings (SSSR count). The van der Waals surface area contributed by atoms with E-state index in [2.05, 4.69) is 21.2 Å². The number of ether oxygens (including phenoxy) is 1. The van der Waals surface area contributed by atoms with E-state index in [1.54, 1.807) is 25.3 Å². The van der Waals surface area contributed by atoms with Crippen LogP contribution in [0.3, 0.4) is 0 Å². The van der Waals surface area contributed by atoms with Crippen molar-refractivity contribution < 1.29 is 9.53 Å². The Morgan fingerprint density at radius 1 is 1.61 bits per heavy atom. The summed E-state index contributed by atoms with van der Waals surface area (Å²) in [5.74, 6) is 1.12. The van der Waals surface area contributed by atoms with Crippen LogP contribution in [0.25, 0.3) is 0 Å². The van der Waals surface area contributed by atoms with Crippen LogP contribution in [-0.4, -0.2) is 25.6 Å². The van der Waals surface area contributed by atoms with E-state index in [0.717, 1.165) is 4.47 Å². The van der Waals surface area contributed by atoms with Gasteiger partial charge in [-0.3, -0.25) is 4.79 Å². The van der Waals surface area contributed by atoms with Crippen molar-refractivity contribution in [3.8, 4) is 5.75 Å². The second kappa shape index (κ2) is 5.71. The molecular formula is C13H17BrN2O2. The minimum atomic E-state index is -0.128. The monoisotopic (exact) mass is 312 g/mol. The Hall–Kier alpha value is -1.07. The van der Waals surface area contributed by atoms with Crippen LogP contribution in [-0.2, 0) is 0 Å². The predicted molar refractivity (Wildman–Crippen MR) is 73.7 cm³/mol. The summed E-state index contributed by atoms with van der Waals surface area (Å²) in [6.45, 7) is 0.521. The lowest BCUT2D eigenvalue weighted by atomic mass is 10.1. The van der Waals surface area contributed by atoms with Gasteiger partial charge in [0.2, 0.25) is 0 Å². The Morgan fingerprint density at radius 3 is 2.94 bits per heavy atom. The summed E-state index contributed by atoms with van der Waals surface area (Å²) in [4.78, 5) is 12.0. The fourth-order valence-corrected chi connectivity index (χ4v) is 2.23. The van der Waals surface area contributed by atoms with Gasteiger partial charge in [-0.25, -0.2) is 0 Å². The predicted octanol–water partition coefficient (Wildman–Crippen LogP) is 1.92. The zero-order valence-electron chi connectivity index (χ0n) is 10.3. The van der Waals surface area contributed by atoms with Crippen LogP contribution in [0.4, 0.5) is 0 Å². The Kier molecular flexibility index (Phi) is 4.24. The van der Waals surface area contributed by atoms with Crippen LogP contribution in [0.15, 0.2) is 22.7 Å². The van der Waals surface area contributed by atoms with E-state index in [0.29, 0.717) is 23.8 Å². The smallest absolute Gasteiger partial charge is 0.252 e. The molecule has 0 spiro atoms. The molecule has 1 aromatic rings. The minimum absolute atomic E-state index is 0.0679. The van der Waals surface area contributed by atoms with Gasteiger partial charge in [0, 0.05) is 17.1 Å². The van der Waals surface area contributed by atoms with E-state index < -0.39 is 0 Å². The van der Waals surface area contributed by atoms with Gasteiger partial charge in [-0.2, -0.15) is 0 Å². The molecular weight excluding hydrogens is 296 g/mol. The Labute approximate surface area is 115 Å². The molecule has 0 aliphatic heterocycles. The van der Waals surface area contributed by atoms with Crippen LogP contribution in [0.2, 0.25) is 0 Å². The number of amides is 1. The Balaban J connectivity index is 1.98. The maximum atomic E-state index is 12.0. The highest BCUT2D eigenvalue weighted by atomic mass is 79.9. The first kappa shape index (κ1) is 13.4. The second-order valence-electron chi connectivity index (χ2n) is 4.56. The number of methoxy groups -OCH3 is 1. The van der Waals surface area contributed by atoms with Crippen molar-refractivity contribution in [2.24, 2.45) is 11.7 Å². The molecule has 0 bridgehead atoms. The fraction of sp³-hybridized carbons (Fsp3) is 0.462. The largest absolute Gasteiger partial charge is 0.497 e. The number of benzene rings is 1. The molecule has 1 unspecified atom stereocenters. The molecule has 98 valence electrons. The highest BCUT2D eigenvalue weighted by Crippen LogP contribution is 2.31. The van der Waals surface area contributed by atoms with Gasteiger partial charge in [0.15, 0.2) is 0 Å². The standard InChI is InChI=1S/C13H17BrN2O2/c1-18-9-4-5-11(14)10(6-9)13(17)16-7-12(15)8-2-3-8/h4-6,8,12H,2-3,7,15H2,1H3,(H,16,17). The molecule has 1 aromatic carbocycles. The summed E-state index contributed by atoms with van der Waals surface area (Å²) in [6, 6.07) is 5.38. The number of nitrogens with one attached hydrogen (secondary N) is 1. The van der Waals surface area contributed by atoms with Gasteiger partial charge in [0.1, 0.15) is 5.75 Å². The topological polar surface area (TPSA) is 64.3 Å². The lowest BCUT2D eigenvalue weighted by Gasteiger charge is -2.12. The molecule has 5 heteroatoms. The third kappa shape index (κ3) is 3.23. The number of carbonyl (C=O) groups is 1. The first-order chi connectivity index (χ1) is 8.61. The third-order valence-corrected chi connectivity index (χ3v) is 3.84. The van der Waals surface area contributed by atoms with Crippen LogP contribution >= 0.6 is 15.9 Å². The maximum absolute atomic E-state index is 12.0. The quantitative estimate of drug-likeness (QED) is 0.873. The summed E-state index contributed by atoms with van der Waals surface area (Å²) in [5.41, 5.74) is 6.52. The molecule has 1 amide bonds. The zero-order valence-corrected chi connectivity index (χ0v) is 11.9. The number of nitrogens with two attached hydrogens (primary N) is 1. The molecule has 1 fully saturated rings. The van der Waals surface area contributed by atoms with E-state index in [-0.39, 0.29) is 11.9 Å². The van der Waals surface area contributed by atoms with E-state index in [4.69, 9.17) is 10.5 Å². The molecule has 1 aliphatic rings. The minimum Gasteiger partial charge on any atom is -0.497 e. The number of hydrogen-bond acceptors (Lipinski definition) is 3. The summed E-state index contributed by atoms with van der Waals surface area (Å²) >= 11 is 3.36. The molecule has 1 saturated carbocycles. The summed E-state index contributed by atoms with van der Waals surface area (Å²) in [7, 11) is 1.58. The molecule has 1 aliphatic carbocycles. The van der Waals surface area contributed by atoms with Gasteiger partial charge in [-0.1, -0.05) is 0 Å². The lowest BCUT2D eigenvalue weighted by Crippen LogP contribution is -2.38. The van der Waals surface area contributed by atoms with E-state index in [1.165, 1.54) is 12.8 Å². The zero-order chi connectivity index (χ0) is 13.1. The van der Waals surface area contributed by atoms with Gasteiger partial charge in [0.25, 0.3) is 5.91 Å². The molecule has 3 N–H and O–H groups in total. The summed E-state index contributed by atoms with van der Waals surface area (Å²) in [5, 5.41) is 2.86. The van der Waals surface area contributed by atoms with Crippen molar-refractivity contribution in [2.75, 3.05) is 13.7 Å². The second-order valence-corrected chi connectivity index (χ2v) is 5.41. The summed E-state index contributed by atoms with van der Waals surface area (Å²) in [6.07, 6.45) is 2.36. The van der Waals surface area contributed by atoms with Crippen molar-refractivity contribution in [3.05, 3.63) is 28.2 Å². The highest BCUT2D eigenvalue weighted by Gasteiger charge is 2.28. The average molecular weight is 313 g/mol. The molecule has 4 nitrogen and oxygen atoms in total. The number of hydrogen-bond donors (Lipinski definition) is 2. The average Bonchev–Trinajstić information content (AvgIpc) is 3.20. The Bertz CT molecular complexity index is 447. The van der Waals surface area contributed by atoms with Gasteiger partial charge >= 0.3 is 0 Å². The van der Waals surface area contributed by atoms with Gasteiger partial charge < -0.3 is 15.8 Å². The van der Waals surface area contributed by atoms with Gasteiger partial charge in [0.05, 0.1) is 12.7 Å². The molecule has 1 atom stereocenters. The normalized spacial score (nSPS) is 16.2. The number of carbonyl (C=O) groups excluding carboxylic acids is 1. The van der Waals surface area contributed by atoms with Crippen molar-refractivity contribution >= 4 is 21.8 Å². The first-order valence-electron chi connectivity index (χ1n) is 5.99. The highest BCUT2D eigenvalue weighted by molar-refractivity contribution is 9.10. The van der Waals surface area contributed by atoms with Gasteiger partial charge in [-0.05, 0) is 52.9 Å². The van der Waals surface area contributed by atoms with E-state index in [9.17, 15) is 4.79 Å². The molecule has 18 heavy (non-hydrogen) atoms. The lowest BCUT2D eigenvalue weighted by molar-refractivity contribution is 0.0949. The van der Waals surface area contributed by atoms with Crippen LogP contribution < -0.4 is 15.8 Å². The van der Waals surface area contributed by atoms with Crippen molar-refractivity contribution in [1.29, 1.82) is 0 Å². The summed E-state index contributed by atoms with van der Waals surface area (Å²) < 4.78 is 5.86. The van der Waals surface area contributed by atoms with Crippen molar-refractivity contribution in [3.63, 3.8) is 0 Å². The first-order valence-corrected chi connectivity index (χ1v) is 6.78. The van der Waals surface area contributed by atoms with Crippen LogP contribution in [0.1, 0.15) is 23.2 Å². The maximum Gasteiger partial charge on any atom is 0.252 e. The van der Waals surface area contributed by atoms with Crippen molar-refractivity contribution in [1.82, 2.24) is 5.32 Å². The fourth-order valence-electron chi connectivity index (χ4n) is 1.80. The third-order valence-electron chi connectivity index (χ3n) is 3.14. The van der Waals surface area contributed by atoms with E-state index in [1.807, 2.05) is 0 Å². The molecule has 0 heterocycles. The molecule has 0 saturated heterocycles. The molecule has 0 aromatic heterocycles. The van der Waals surface area contributed by atoms with Crippen LogP contribution in [0.5, 0.6) is 5.75 Å². The van der Waals surface area contributed by atoms with E-state index >= 15 is 0 Å². The number of rotatable bonds is 5. The van der Waals surface area contributed by atoms with Crippen LogP contribution in [0, 0.1) is 5.92 Å². The molecule has 0 radical (unpaired) electrons. The van der Waals surface area contributed by atoms with Crippen molar-refractivity contribution in [2.45, 2.75) is 18.9 Å². The van der Waals surface area contributed by atoms with Gasteiger partial charge in [-0.15, -0.1) is 0 Å². The SMILES string of the molecule is COc1ccc(Br)c(C(=O)NCC(N)C2CC2)c1. The Morgan fingerprint density at radius 2 is 2.33 bits per heavy atom.